The highest BCUT2D eigenvalue weighted by atomic mass is 32.1. The fraction of sp³-hybridized carbons (Fsp3) is 0. The lowest BCUT2D eigenvalue weighted by Crippen LogP contribution is -1.89. The number of aromatic nitrogens is 2. The first-order valence-electron chi connectivity index (χ1n) is 5.87. The van der Waals surface area contributed by atoms with E-state index in [9.17, 15) is 10.2 Å². The molecule has 6 heteroatoms. The highest BCUT2D eigenvalue weighted by molar-refractivity contribution is 7.14. The molecule has 5 nitrogen and oxygen atoms in total. The standard InChI is InChI=1S/C14H11N3O2S/c18-12-2-1-10(7-13(12)19)16-14-17-11(8-20-14)9-3-5-15-6-4-9/h1-8,18-19H,(H,16,17). The van der Waals surface area contributed by atoms with E-state index in [4.69, 9.17) is 0 Å². The van der Waals surface area contributed by atoms with Gasteiger partial charge in [-0.1, -0.05) is 0 Å². The van der Waals surface area contributed by atoms with E-state index in [1.807, 2.05) is 17.5 Å². The first kappa shape index (κ1) is 12.4. The zero-order valence-corrected chi connectivity index (χ0v) is 11.1. The van der Waals surface area contributed by atoms with Crippen molar-refractivity contribution in [2.24, 2.45) is 0 Å². The van der Waals surface area contributed by atoms with E-state index in [2.05, 4.69) is 15.3 Å². The molecule has 2 aromatic heterocycles. The van der Waals surface area contributed by atoms with E-state index in [0.29, 0.717) is 10.8 Å². The number of anilines is 2. The van der Waals surface area contributed by atoms with Crippen molar-refractivity contribution in [1.29, 1.82) is 0 Å². The summed E-state index contributed by atoms with van der Waals surface area (Å²) in [6, 6.07) is 8.33. The molecule has 100 valence electrons. The lowest BCUT2D eigenvalue weighted by molar-refractivity contribution is 0.404. The van der Waals surface area contributed by atoms with Gasteiger partial charge in [0.1, 0.15) is 0 Å². The summed E-state index contributed by atoms with van der Waals surface area (Å²) < 4.78 is 0. The van der Waals surface area contributed by atoms with Crippen LogP contribution < -0.4 is 5.32 Å². The van der Waals surface area contributed by atoms with Crippen LogP contribution in [0.4, 0.5) is 10.8 Å². The van der Waals surface area contributed by atoms with Crippen molar-refractivity contribution in [2.45, 2.75) is 0 Å². The number of rotatable bonds is 3. The highest BCUT2D eigenvalue weighted by Crippen LogP contribution is 2.31. The van der Waals surface area contributed by atoms with Crippen LogP contribution in [-0.2, 0) is 0 Å². The first-order valence-corrected chi connectivity index (χ1v) is 6.75. The number of thiazole rings is 1. The van der Waals surface area contributed by atoms with Crippen molar-refractivity contribution < 1.29 is 10.2 Å². The van der Waals surface area contributed by atoms with Crippen molar-refractivity contribution in [2.75, 3.05) is 5.32 Å². The predicted molar refractivity (Wildman–Crippen MR) is 78.4 cm³/mol. The van der Waals surface area contributed by atoms with Gasteiger partial charge in [0.05, 0.1) is 5.69 Å². The van der Waals surface area contributed by atoms with E-state index < -0.39 is 0 Å². The molecular weight excluding hydrogens is 274 g/mol. The molecule has 0 saturated carbocycles. The number of aromatic hydroxyl groups is 2. The van der Waals surface area contributed by atoms with Gasteiger partial charge in [-0.15, -0.1) is 11.3 Å². The molecule has 0 saturated heterocycles. The molecule has 1 aromatic carbocycles. The topological polar surface area (TPSA) is 78.3 Å². The second-order valence-corrected chi connectivity index (χ2v) is 4.96. The number of phenolic OH excluding ortho intramolecular Hbond substituents is 2. The summed E-state index contributed by atoms with van der Waals surface area (Å²) in [7, 11) is 0. The van der Waals surface area contributed by atoms with Crippen LogP contribution in [0.2, 0.25) is 0 Å². The fourth-order valence-electron chi connectivity index (χ4n) is 1.71. The summed E-state index contributed by atoms with van der Waals surface area (Å²) >= 11 is 1.46. The molecule has 0 atom stereocenters. The van der Waals surface area contributed by atoms with Gasteiger partial charge in [-0.05, 0) is 24.3 Å². The lowest BCUT2D eigenvalue weighted by Gasteiger charge is -2.04. The smallest absolute Gasteiger partial charge is 0.187 e. The molecule has 0 radical (unpaired) electrons. The minimum Gasteiger partial charge on any atom is -0.504 e. The minimum absolute atomic E-state index is 0.146. The Kier molecular flexibility index (Phi) is 3.22. The van der Waals surface area contributed by atoms with Gasteiger partial charge in [0.15, 0.2) is 16.6 Å². The number of nitrogens with one attached hydrogen (secondary N) is 1. The Morgan fingerprint density at radius 3 is 2.55 bits per heavy atom. The largest absolute Gasteiger partial charge is 0.504 e. The average molecular weight is 285 g/mol. The summed E-state index contributed by atoms with van der Waals surface area (Å²) in [5, 5.41) is 24.4. The van der Waals surface area contributed by atoms with Gasteiger partial charge < -0.3 is 15.5 Å². The number of nitrogens with zero attached hydrogens (tertiary/aromatic N) is 2. The predicted octanol–water partition coefficient (Wildman–Crippen LogP) is 3.36. The molecule has 3 N–H and O–H groups in total. The summed E-state index contributed by atoms with van der Waals surface area (Å²) in [5.41, 5.74) is 2.52. The van der Waals surface area contributed by atoms with Crippen LogP contribution in [-0.4, -0.2) is 20.2 Å². The molecule has 2 heterocycles. The minimum atomic E-state index is -0.166. The average Bonchev–Trinajstić information content (AvgIpc) is 2.92. The Balaban J connectivity index is 1.82. The number of pyridine rings is 1. The molecule has 20 heavy (non-hydrogen) atoms. The van der Waals surface area contributed by atoms with Crippen LogP contribution >= 0.6 is 11.3 Å². The summed E-state index contributed by atoms with van der Waals surface area (Å²) in [5.74, 6) is -0.312. The molecule has 3 rings (SSSR count). The van der Waals surface area contributed by atoms with Gasteiger partial charge in [-0.3, -0.25) is 4.98 Å². The molecule has 0 bridgehead atoms. The van der Waals surface area contributed by atoms with Gasteiger partial charge in [0.2, 0.25) is 0 Å². The van der Waals surface area contributed by atoms with Crippen LogP contribution in [0.15, 0.2) is 48.1 Å². The lowest BCUT2D eigenvalue weighted by atomic mass is 10.2. The van der Waals surface area contributed by atoms with Crippen molar-refractivity contribution >= 4 is 22.2 Å². The molecule has 0 amide bonds. The third-order valence-electron chi connectivity index (χ3n) is 2.71. The van der Waals surface area contributed by atoms with Crippen LogP contribution in [0.25, 0.3) is 11.3 Å². The molecule has 0 aliphatic carbocycles. The molecule has 3 aromatic rings. The second kappa shape index (κ2) is 5.18. The van der Waals surface area contributed by atoms with Gasteiger partial charge in [0, 0.05) is 35.1 Å². The number of phenols is 2. The Bertz CT molecular complexity index is 728. The monoisotopic (exact) mass is 285 g/mol. The highest BCUT2D eigenvalue weighted by Gasteiger charge is 2.06. The quantitative estimate of drug-likeness (QED) is 0.508. The summed E-state index contributed by atoms with van der Waals surface area (Å²) in [6.45, 7) is 0. The second-order valence-electron chi connectivity index (χ2n) is 4.10. The Labute approximate surface area is 119 Å². The third kappa shape index (κ3) is 2.55. The van der Waals surface area contributed by atoms with Crippen molar-refractivity contribution in [1.82, 2.24) is 9.97 Å². The van der Waals surface area contributed by atoms with Gasteiger partial charge >= 0.3 is 0 Å². The molecule has 0 aliphatic rings. The molecule has 0 aliphatic heterocycles. The molecule has 0 fully saturated rings. The van der Waals surface area contributed by atoms with Crippen LogP contribution in [0.1, 0.15) is 0 Å². The fourth-order valence-corrected chi connectivity index (χ4v) is 2.45. The maximum Gasteiger partial charge on any atom is 0.187 e. The maximum atomic E-state index is 9.45. The van der Waals surface area contributed by atoms with Crippen molar-refractivity contribution in [3.05, 3.63) is 48.1 Å². The Hall–Kier alpha value is -2.60. The Morgan fingerprint density at radius 2 is 1.80 bits per heavy atom. The third-order valence-corrected chi connectivity index (χ3v) is 3.46. The zero-order valence-electron chi connectivity index (χ0n) is 10.3. The van der Waals surface area contributed by atoms with Crippen LogP contribution in [0.5, 0.6) is 11.5 Å². The zero-order chi connectivity index (χ0) is 13.9. The molecule has 0 unspecified atom stereocenters. The van der Waals surface area contributed by atoms with Crippen molar-refractivity contribution in [3.8, 4) is 22.8 Å². The number of hydrogen-bond donors (Lipinski definition) is 3. The maximum absolute atomic E-state index is 9.45. The van der Waals surface area contributed by atoms with Gasteiger partial charge in [0.25, 0.3) is 0 Å². The number of hydrogen-bond acceptors (Lipinski definition) is 6. The van der Waals surface area contributed by atoms with Gasteiger partial charge in [-0.2, -0.15) is 0 Å². The summed E-state index contributed by atoms with van der Waals surface area (Å²) in [4.78, 5) is 8.44. The van der Waals surface area contributed by atoms with E-state index in [1.165, 1.54) is 23.5 Å². The normalized spacial score (nSPS) is 10.4. The summed E-state index contributed by atoms with van der Waals surface area (Å²) in [6.07, 6.45) is 3.44. The SMILES string of the molecule is Oc1ccc(Nc2nc(-c3ccncc3)cs2)cc1O. The first-order chi connectivity index (χ1) is 9.72. The van der Waals surface area contributed by atoms with Crippen LogP contribution in [0, 0.1) is 0 Å². The van der Waals surface area contributed by atoms with Gasteiger partial charge in [-0.25, -0.2) is 4.98 Å². The Morgan fingerprint density at radius 1 is 1.00 bits per heavy atom. The van der Waals surface area contributed by atoms with Crippen molar-refractivity contribution in [3.63, 3.8) is 0 Å². The van der Waals surface area contributed by atoms with E-state index in [0.717, 1.165) is 11.3 Å². The molecule has 0 spiro atoms. The van der Waals surface area contributed by atoms with E-state index in [-0.39, 0.29) is 11.5 Å². The number of benzene rings is 1. The van der Waals surface area contributed by atoms with Crippen LogP contribution in [0.3, 0.4) is 0 Å². The van der Waals surface area contributed by atoms with E-state index in [1.54, 1.807) is 18.5 Å². The van der Waals surface area contributed by atoms with E-state index >= 15 is 0 Å². The molecular formula is C14H11N3O2S.